The van der Waals surface area contributed by atoms with Gasteiger partial charge in [0.05, 0.1) is 18.1 Å². The molecule has 1 aromatic carbocycles. The molecule has 0 amide bonds. The average Bonchev–Trinajstić information content (AvgIpc) is 2.75. The molecule has 1 aromatic heterocycles. The van der Waals surface area contributed by atoms with Gasteiger partial charge in [0, 0.05) is 0 Å². The van der Waals surface area contributed by atoms with E-state index in [1.54, 1.807) is 6.07 Å². The van der Waals surface area contributed by atoms with Crippen LogP contribution in [0.15, 0.2) is 62.9 Å². The number of hydrogen-bond acceptors (Lipinski definition) is 5. The normalized spacial score (nSPS) is 11.9. The molecule has 0 N–H and O–H groups in total. The van der Waals surface area contributed by atoms with Crippen LogP contribution in [0.25, 0.3) is 11.0 Å². The van der Waals surface area contributed by atoms with Gasteiger partial charge < -0.3 is 18.6 Å². The first-order valence-corrected chi connectivity index (χ1v) is 11.8. The minimum absolute atomic E-state index is 0.105. The topological polar surface area (TPSA) is 57.9 Å². The maximum atomic E-state index is 12.8. The van der Waals surface area contributed by atoms with Crippen LogP contribution in [0.1, 0.15) is 67.2 Å². The van der Waals surface area contributed by atoms with E-state index in [0.717, 1.165) is 19.3 Å². The van der Waals surface area contributed by atoms with Crippen molar-refractivity contribution in [3.63, 3.8) is 0 Å². The van der Waals surface area contributed by atoms with Gasteiger partial charge in [-0.2, -0.15) is 0 Å². The molecule has 0 aliphatic rings. The van der Waals surface area contributed by atoms with Gasteiger partial charge in [-0.1, -0.05) is 42.4 Å². The van der Waals surface area contributed by atoms with Crippen LogP contribution in [0.2, 0.25) is 0 Å². The Balaban J connectivity index is 2.27. The van der Waals surface area contributed by atoms with Crippen LogP contribution < -0.4 is 19.8 Å². The molecule has 2 rings (SSSR count). The average molecular weight is 455 g/mol. The highest BCUT2D eigenvalue weighted by Crippen LogP contribution is 2.37. The summed E-state index contributed by atoms with van der Waals surface area (Å²) in [6.07, 6.45) is 11.9. The third kappa shape index (κ3) is 8.49. The zero-order valence-corrected chi connectivity index (χ0v) is 20.9. The van der Waals surface area contributed by atoms with Crippen LogP contribution in [0.5, 0.6) is 17.2 Å². The summed E-state index contributed by atoms with van der Waals surface area (Å²) >= 11 is 0. The number of ether oxygens (including phenoxy) is 3. The maximum absolute atomic E-state index is 12.8. The van der Waals surface area contributed by atoms with E-state index in [1.807, 2.05) is 32.1 Å². The minimum atomic E-state index is -0.567. The molecule has 1 heterocycles. The van der Waals surface area contributed by atoms with Crippen molar-refractivity contribution in [2.24, 2.45) is 0 Å². The van der Waals surface area contributed by atoms with Crippen molar-refractivity contribution in [2.75, 3.05) is 13.2 Å². The smallest absolute Gasteiger partial charge is 0.383 e. The number of allylic oxidation sites excluding steroid dienone is 4. The molecule has 0 aliphatic carbocycles. The van der Waals surface area contributed by atoms with E-state index in [9.17, 15) is 4.79 Å². The molecule has 0 radical (unpaired) electrons. The van der Waals surface area contributed by atoms with Crippen LogP contribution in [0, 0.1) is 0 Å². The molecule has 5 nitrogen and oxygen atoms in total. The monoisotopic (exact) mass is 454 g/mol. The molecule has 0 saturated carbocycles. The number of para-hydroxylation sites is 1. The SMILES string of the molecule is CCC=CCCOc1c(OC(C)C)c2cccc(OC/C=C(\C)CCC=C(C)C)c2oc1=O. The predicted octanol–water partition coefficient (Wildman–Crippen LogP) is 7.39. The molecule has 0 atom stereocenters. The van der Waals surface area contributed by atoms with Gasteiger partial charge in [0.25, 0.3) is 0 Å². The van der Waals surface area contributed by atoms with Gasteiger partial charge in [0.1, 0.15) is 6.61 Å². The van der Waals surface area contributed by atoms with Gasteiger partial charge in [0.2, 0.25) is 5.75 Å². The Bertz CT molecular complexity index is 1040. The molecule has 33 heavy (non-hydrogen) atoms. The molecule has 5 heteroatoms. The van der Waals surface area contributed by atoms with Crippen molar-refractivity contribution in [1.82, 2.24) is 0 Å². The van der Waals surface area contributed by atoms with Crippen LogP contribution in [0.3, 0.4) is 0 Å². The number of fused-ring (bicyclic) bond motifs is 1. The highest BCUT2D eigenvalue weighted by atomic mass is 16.5. The molecule has 0 aliphatic heterocycles. The summed E-state index contributed by atoms with van der Waals surface area (Å²) in [5.41, 5.74) is 2.38. The van der Waals surface area contributed by atoms with Gasteiger partial charge in [-0.15, -0.1) is 0 Å². The second-order valence-electron chi connectivity index (χ2n) is 8.55. The fourth-order valence-corrected chi connectivity index (χ4v) is 3.22. The summed E-state index contributed by atoms with van der Waals surface area (Å²) in [5.74, 6) is 1.01. The first kappa shape index (κ1) is 26.3. The van der Waals surface area contributed by atoms with E-state index in [0.29, 0.717) is 42.1 Å². The van der Waals surface area contributed by atoms with Gasteiger partial charge in [-0.3, -0.25) is 0 Å². The Morgan fingerprint density at radius 2 is 1.82 bits per heavy atom. The number of rotatable bonds is 13. The molecule has 180 valence electrons. The lowest BCUT2D eigenvalue weighted by Gasteiger charge is -2.16. The van der Waals surface area contributed by atoms with Crippen LogP contribution >= 0.6 is 0 Å². The van der Waals surface area contributed by atoms with E-state index in [2.05, 4.69) is 45.9 Å². The minimum Gasteiger partial charge on any atom is -0.486 e. The summed E-state index contributed by atoms with van der Waals surface area (Å²) < 4.78 is 23.4. The second kappa shape index (κ2) is 13.6. The molecule has 0 fully saturated rings. The first-order valence-electron chi connectivity index (χ1n) is 11.8. The summed E-state index contributed by atoms with van der Waals surface area (Å²) in [5, 5.41) is 0.657. The Morgan fingerprint density at radius 1 is 1.03 bits per heavy atom. The van der Waals surface area contributed by atoms with Crippen molar-refractivity contribution >= 4 is 11.0 Å². The van der Waals surface area contributed by atoms with Gasteiger partial charge in [0.15, 0.2) is 17.1 Å². The van der Waals surface area contributed by atoms with Crippen molar-refractivity contribution in [1.29, 1.82) is 0 Å². The largest absolute Gasteiger partial charge is 0.486 e. The van der Waals surface area contributed by atoms with E-state index >= 15 is 0 Å². The van der Waals surface area contributed by atoms with Crippen molar-refractivity contribution < 1.29 is 18.6 Å². The highest BCUT2D eigenvalue weighted by Gasteiger charge is 2.21. The van der Waals surface area contributed by atoms with Crippen molar-refractivity contribution in [2.45, 2.75) is 73.3 Å². The Hall–Kier alpha value is -2.95. The lowest BCUT2D eigenvalue weighted by molar-refractivity contribution is 0.219. The fourth-order valence-electron chi connectivity index (χ4n) is 3.22. The van der Waals surface area contributed by atoms with E-state index < -0.39 is 5.63 Å². The molecular weight excluding hydrogens is 416 g/mol. The lowest BCUT2D eigenvalue weighted by Crippen LogP contribution is -2.14. The molecule has 0 saturated heterocycles. The van der Waals surface area contributed by atoms with E-state index in [-0.39, 0.29) is 11.9 Å². The standard InChI is InChI=1S/C28H38O5/c1-7-8-9-10-18-31-27-26(32-21(4)5)23-15-12-16-24(25(23)33-28(27)29)30-19-17-22(6)14-11-13-20(2)3/h8-9,12-13,15-17,21H,7,10-11,14,18-19H2,1-6H3/b9-8?,22-17+. The third-order valence-corrected chi connectivity index (χ3v) is 4.86. The maximum Gasteiger partial charge on any atom is 0.383 e. The van der Waals surface area contributed by atoms with Crippen molar-refractivity contribution in [3.05, 3.63) is 64.1 Å². The zero-order chi connectivity index (χ0) is 24.2. The molecule has 0 unspecified atom stereocenters. The number of hydrogen-bond donors (Lipinski definition) is 0. The van der Waals surface area contributed by atoms with Crippen molar-refractivity contribution in [3.8, 4) is 17.2 Å². The molecular formula is C28H38O5. The third-order valence-electron chi connectivity index (χ3n) is 4.86. The van der Waals surface area contributed by atoms with Gasteiger partial charge in [-0.25, -0.2) is 4.79 Å². The quantitative estimate of drug-likeness (QED) is 0.179. The predicted molar refractivity (Wildman–Crippen MR) is 136 cm³/mol. The summed E-state index contributed by atoms with van der Waals surface area (Å²) in [7, 11) is 0. The van der Waals surface area contributed by atoms with Gasteiger partial charge in [-0.05, 0) is 78.5 Å². The molecule has 0 spiro atoms. The second-order valence-corrected chi connectivity index (χ2v) is 8.55. The van der Waals surface area contributed by atoms with Crippen LogP contribution in [-0.4, -0.2) is 19.3 Å². The van der Waals surface area contributed by atoms with Gasteiger partial charge >= 0.3 is 5.63 Å². The summed E-state index contributed by atoms with van der Waals surface area (Å²) in [6, 6.07) is 5.52. The van der Waals surface area contributed by atoms with Crippen LogP contribution in [-0.2, 0) is 0 Å². The Labute approximate surface area is 197 Å². The Morgan fingerprint density at radius 3 is 2.52 bits per heavy atom. The Kier molecular flexibility index (Phi) is 10.8. The molecule has 2 aromatic rings. The first-order chi connectivity index (χ1) is 15.8. The van der Waals surface area contributed by atoms with Crippen LogP contribution in [0.4, 0.5) is 0 Å². The fraction of sp³-hybridized carbons (Fsp3) is 0.464. The lowest BCUT2D eigenvalue weighted by atomic mass is 10.1. The summed E-state index contributed by atoms with van der Waals surface area (Å²) in [6.45, 7) is 13.0. The molecule has 0 bridgehead atoms. The zero-order valence-electron chi connectivity index (χ0n) is 20.9. The van der Waals surface area contributed by atoms with E-state index in [1.165, 1.54) is 11.1 Å². The summed E-state index contributed by atoms with van der Waals surface area (Å²) in [4.78, 5) is 12.8. The van der Waals surface area contributed by atoms with E-state index in [4.69, 9.17) is 18.6 Å². The highest BCUT2D eigenvalue weighted by molar-refractivity contribution is 5.89. The number of benzene rings is 1.